The lowest BCUT2D eigenvalue weighted by Crippen LogP contribution is -2.14. The average Bonchev–Trinajstić information content (AvgIpc) is 3.27. The first kappa shape index (κ1) is 24.9. The molecule has 4 nitrogen and oxygen atoms in total. The van der Waals surface area contributed by atoms with Crippen molar-refractivity contribution in [1.82, 2.24) is 0 Å². The van der Waals surface area contributed by atoms with Crippen molar-refractivity contribution >= 4 is 66.0 Å². The standard InChI is InChI=1S/C29H24Br2N2O2S/c30-21-13-10-19(11-14-21)18-35-25-15-12-20(16-24(25)31)17-32-29-27(23-8-4-5-9-26(23)36-29)28(34)33-22-6-2-1-3-7-22/h1-3,6-7,10-17H,4-5,8-9,18H2,(H,33,34). The summed E-state index contributed by atoms with van der Waals surface area (Å²) in [7, 11) is 0. The van der Waals surface area contributed by atoms with Crippen molar-refractivity contribution in [2.24, 2.45) is 4.99 Å². The van der Waals surface area contributed by atoms with Gasteiger partial charge in [0, 0.05) is 21.3 Å². The molecule has 0 unspecified atom stereocenters. The third-order valence-corrected chi connectivity index (χ3v) is 8.35. The van der Waals surface area contributed by atoms with E-state index in [2.05, 4.69) is 37.2 Å². The van der Waals surface area contributed by atoms with Crippen LogP contribution in [0.15, 0.2) is 86.7 Å². The number of carbonyl (C=O) groups is 1. The Morgan fingerprint density at radius 2 is 1.78 bits per heavy atom. The molecule has 5 rings (SSSR count). The molecule has 4 aromatic rings. The van der Waals surface area contributed by atoms with Crippen LogP contribution in [0.5, 0.6) is 5.75 Å². The predicted molar refractivity (Wildman–Crippen MR) is 155 cm³/mol. The molecule has 0 spiro atoms. The molecule has 0 bridgehead atoms. The highest BCUT2D eigenvalue weighted by atomic mass is 79.9. The van der Waals surface area contributed by atoms with Crippen LogP contribution in [0, 0.1) is 0 Å². The van der Waals surface area contributed by atoms with E-state index in [1.807, 2.05) is 79.0 Å². The van der Waals surface area contributed by atoms with Crippen molar-refractivity contribution in [2.45, 2.75) is 32.3 Å². The molecular formula is C29H24Br2N2O2S. The van der Waals surface area contributed by atoms with Gasteiger partial charge in [0.1, 0.15) is 17.4 Å². The van der Waals surface area contributed by atoms with E-state index in [9.17, 15) is 4.79 Å². The number of halogens is 2. The van der Waals surface area contributed by atoms with E-state index in [0.29, 0.717) is 12.2 Å². The number of aliphatic imine (C=N–C) groups is 1. The Hall–Kier alpha value is -2.74. The highest BCUT2D eigenvalue weighted by Gasteiger charge is 2.25. The van der Waals surface area contributed by atoms with Crippen LogP contribution in [-0.2, 0) is 19.4 Å². The second kappa shape index (κ2) is 11.5. The Kier molecular flexibility index (Phi) is 7.99. The Morgan fingerprint density at radius 3 is 2.56 bits per heavy atom. The number of ether oxygens (including phenoxy) is 1. The Bertz CT molecular complexity index is 1400. The summed E-state index contributed by atoms with van der Waals surface area (Å²) in [4.78, 5) is 19.3. The molecule has 1 aliphatic carbocycles. The summed E-state index contributed by atoms with van der Waals surface area (Å²) < 4.78 is 7.89. The number of rotatable bonds is 7. The van der Waals surface area contributed by atoms with Gasteiger partial charge in [0.05, 0.1) is 10.0 Å². The molecule has 0 atom stereocenters. The highest BCUT2D eigenvalue weighted by molar-refractivity contribution is 9.10. The number of carbonyl (C=O) groups excluding carboxylic acids is 1. The molecule has 0 radical (unpaired) electrons. The summed E-state index contributed by atoms with van der Waals surface area (Å²) in [6.45, 7) is 0.486. The molecule has 1 aromatic heterocycles. The Balaban J connectivity index is 1.34. The fraction of sp³-hybridized carbons (Fsp3) is 0.172. The fourth-order valence-corrected chi connectivity index (χ4v) is 6.19. The SMILES string of the molecule is O=C(Nc1ccccc1)c1c(N=Cc2ccc(OCc3ccc(Br)cc3)c(Br)c2)sc2c1CCCC2. The van der Waals surface area contributed by atoms with Gasteiger partial charge in [0.15, 0.2) is 0 Å². The topological polar surface area (TPSA) is 50.7 Å². The monoisotopic (exact) mass is 622 g/mol. The van der Waals surface area contributed by atoms with Crippen LogP contribution < -0.4 is 10.1 Å². The van der Waals surface area contributed by atoms with Gasteiger partial charge in [-0.15, -0.1) is 11.3 Å². The van der Waals surface area contributed by atoms with E-state index in [0.717, 1.165) is 67.8 Å². The van der Waals surface area contributed by atoms with Gasteiger partial charge in [-0.25, -0.2) is 4.99 Å². The summed E-state index contributed by atoms with van der Waals surface area (Å²) in [5.74, 6) is 0.676. The molecule has 0 saturated carbocycles. The first-order chi connectivity index (χ1) is 17.6. The van der Waals surface area contributed by atoms with Crippen LogP contribution in [0.4, 0.5) is 10.7 Å². The summed E-state index contributed by atoms with van der Waals surface area (Å²) in [6.07, 6.45) is 6.02. The lowest BCUT2D eigenvalue weighted by molar-refractivity contribution is 0.102. The maximum Gasteiger partial charge on any atom is 0.259 e. The zero-order valence-electron chi connectivity index (χ0n) is 19.5. The molecule has 3 aromatic carbocycles. The summed E-state index contributed by atoms with van der Waals surface area (Å²) in [5, 5.41) is 3.81. The molecule has 0 saturated heterocycles. The van der Waals surface area contributed by atoms with Crippen LogP contribution in [-0.4, -0.2) is 12.1 Å². The van der Waals surface area contributed by atoms with Gasteiger partial charge in [-0.1, -0.05) is 46.3 Å². The van der Waals surface area contributed by atoms with E-state index in [4.69, 9.17) is 9.73 Å². The van der Waals surface area contributed by atoms with Crippen molar-refractivity contribution in [1.29, 1.82) is 0 Å². The van der Waals surface area contributed by atoms with Gasteiger partial charge in [-0.05, 0) is 101 Å². The van der Waals surface area contributed by atoms with Gasteiger partial charge in [0.25, 0.3) is 5.91 Å². The molecule has 1 N–H and O–H groups in total. The molecule has 1 heterocycles. The van der Waals surface area contributed by atoms with Crippen molar-refractivity contribution in [3.8, 4) is 5.75 Å². The van der Waals surface area contributed by atoms with Gasteiger partial charge >= 0.3 is 0 Å². The quantitative estimate of drug-likeness (QED) is 0.209. The molecule has 0 fully saturated rings. The number of fused-ring (bicyclic) bond motifs is 1. The minimum Gasteiger partial charge on any atom is -0.488 e. The minimum atomic E-state index is -0.0920. The van der Waals surface area contributed by atoms with E-state index in [1.54, 1.807) is 11.3 Å². The van der Waals surface area contributed by atoms with Crippen LogP contribution in [0.25, 0.3) is 0 Å². The third-order valence-electron chi connectivity index (χ3n) is 6.01. The van der Waals surface area contributed by atoms with Gasteiger partial charge in [0.2, 0.25) is 0 Å². The second-order valence-corrected chi connectivity index (χ2v) is 11.4. The molecule has 0 aliphatic heterocycles. The van der Waals surface area contributed by atoms with Crippen LogP contribution in [0.2, 0.25) is 0 Å². The lowest BCUT2D eigenvalue weighted by Gasteiger charge is -2.12. The second-order valence-electron chi connectivity index (χ2n) is 8.57. The molecule has 1 amide bonds. The molecule has 1 aliphatic rings. The Morgan fingerprint density at radius 1 is 1.00 bits per heavy atom. The highest BCUT2D eigenvalue weighted by Crippen LogP contribution is 2.40. The van der Waals surface area contributed by atoms with Crippen molar-refractivity contribution in [3.63, 3.8) is 0 Å². The summed E-state index contributed by atoms with van der Waals surface area (Å²) >= 11 is 8.71. The Labute approximate surface area is 231 Å². The number of hydrogen-bond donors (Lipinski definition) is 1. The maximum absolute atomic E-state index is 13.3. The fourth-order valence-electron chi connectivity index (χ4n) is 4.18. The average molecular weight is 624 g/mol. The predicted octanol–water partition coefficient (Wildman–Crippen LogP) is 8.73. The number of para-hydroxylation sites is 1. The van der Waals surface area contributed by atoms with Crippen molar-refractivity contribution in [3.05, 3.63) is 109 Å². The van der Waals surface area contributed by atoms with Gasteiger partial charge in [-0.3, -0.25) is 4.79 Å². The number of amides is 1. The zero-order valence-corrected chi connectivity index (χ0v) is 23.5. The number of benzene rings is 3. The van der Waals surface area contributed by atoms with Crippen LogP contribution >= 0.6 is 43.2 Å². The minimum absolute atomic E-state index is 0.0920. The van der Waals surface area contributed by atoms with Gasteiger partial charge < -0.3 is 10.1 Å². The first-order valence-corrected chi connectivity index (χ1v) is 14.2. The number of aryl methyl sites for hydroxylation is 1. The van der Waals surface area contributed by atoms with E-state index in [-0.39, 0.29) is 5.91 Å². The van der Waals surface area contributed by atoms with E-state index >= 15 is 0 Å². The van der Waals surface area contributed by atoms with Crippen LogP contribution in [0.1, 0.15) is 44.8 Å². The maximum atomic E-state index is 13.3. The number of nitrogens with one attached hydrogen (secondary N) is 1. The van der Waals surface area contributed by atoms with E-state index in [1.165, 1.54) is 4.88 Å². The normalized spacial score (nSPS) is 12.9. The van der Waals surface area contributed by atoms with Gasteiger partial charge in [-0.2, -0.15) is 0 Å². The molecule has 182 valence electrons. The number of thiophene rings is 1. The van der Waals surface area contributed by atoms with Crippen molar-refractivity contribution in [2.75, 3.05) is 5.32 Å². The number of hydrogen-bond acceptors (Lipinski definition) is 4. The first-order valence-electron chi connectivity index (χ1n) is 11.8. The molecule has 7 heteroatoms. The number of anilines is 1. The zero-order chi connectivity index (χ0) is 24.9. The summed E-state index contributed by atoms with van der Waals surface area (Å²) in [6, 6.07) is 23.5. The third kappa shape index (κ3) is 5.97. The summed E-state index contributed by atoms with van der Waals surface area (Å²) in [5.41, 5.74) is 4.68. The lowest BCUT2D eigenvalue weighted by atomic mass is 9.95. The van der Waals surface area contributed by atoms with Crippen molar-refractivity contribution < 1.29 is 9.53 Å². The molecular weight excluding hydrogens is 600 g/mol. The van der Waals surface area contributed by atoms with E-state index < -0.39 is 0 Å². The largest absolute Gasteiger partial charge is 0.488 e. The smallest absolute Gasteiger partial charge is 0.259 e. The van der Waals surface area contributed by atoms with Crippen LogP contribution in [0.3, 0.4) is 0 Å². The molecule has 36 heavy (non-hydrogen) atoms. The number of nitrogens with zero attached hydrogens (tertiary/aromatic N) is 1.